The molecule has 0 saturated carbocycles. The van der Waals surface area contributed by atoms with E-state index in [4.69, 9.17) is 4.74 Å². The Morgan fingerprint density at radius 1 is 1.53 bits per heavy atom. The maximum Gasteiger partial charge on any atom is 0.183 e. The van der Waals surface area contributed by atoms with E-state index in [0.717, 1.165) is 19.0 Å². The van der Waals surface area contributed by atoms with Gasteiger partial charge in [-0.15, -0.1) is 0 Å². The predicted octanol–water partition coefficient (Wildman–Crippen LogP) is 2.68. The van der Waals surface area contributed by atoms with Crippen LogP contribution in [0.3, 0.4) is 0 Å². The highest BCUT2D eigenvalue weighted by Gasteiger charge is 2.22. The number of nitrogens with zero attached hydrogens (tertiary/aromatic N) is 1. The van der Waals surface area contributed by atoms with Crippen LogP contribution in [0.25, 0.3) is 0 Å². The quantitative estimate of drug-likeness (QED) is 0.491. The molecule has 1 N–H and O–H groups in total. The fraction of sp³-hybridized carbons (Fsp3) is 0.818. The number of rotatable bonds is 3. The van der Waals surface area contributed by atoms with E-state index >= 15 is 0 Å². The van der Waals surface area contributed by atoms with Crippen LogP contribution in [0.15, 0.2) is 12.0 Å². The van der Waals surface area contributed by atoms with Crippen molar-refractivity contribution in [2.24, 2.45) is 0 Å². The minimum absolute atomic E-state index is 0.128. The zero-order valence-electron chi connectivity index (χ0n) is 10.0. The van der Waals surface area contributed by atoms with Crippen molar-refractivity contribution in [3.05, 3.63) is 12.0 Å². The molecule has 0 radical (unpaired) electrons. The molecule has 0 aromatic carbocycles. The van der Waals surface area contributed by atoms with Gasteiger partial charge in [0.25, 0.3) is 0 Å². The molecule has 0 amide bonds. The third-order valence-corrected chi connectivity index (χ3v) is 3.04. The summed E-state index contributed by atoms with van der Waals surface area (Å²) in [6.45, 7) is 10.5. The van der Waals surface area contributed by atoms with E-state index in [-0.39, 0.29) is 5.60 Å². The summed E-state index contributed by atoms with van der Waals surface area (Å²) in [5.74, 6) is 0.902. The highest BCUT2D eigenvalue weighted by atomic mass is 127. The minimum atomic E-state index is -0.128. The number of nitrogens with one attached hydrogen (secondary N) is 1. The fourth-order valence-electron chi connectivity index (χ4n) is 1.54. The van der Waals surface area contributed by atoms with Crippen molar-refractivity contribution in [2.75, 3.05) is 13.1 Å². The normalized spacial score (nSPS) is 24.3. The maximum atomic E-state index is 5.81. The first-order chi connectivity index (χ1) is 6.90. The molecule has 0 aliphatic carbocycles. The summed E-state index contributed by atoms with van der Waals surface area (Å²) < 4.78 is 8.12. The average Bonchev–Trinajstić information content (AvgIpc) is 2.47. The third kappa shape index (κ3) is 5.06. The van der Waals surface area contributed by atoms with Crippen LogP contribution in [0.5, 0.6) is 0 Å². The van der Waals surface area contributed by atoms with Crippen LogP contribution >= 0.6 is 22.9 Å². The summed E-state index contributed by atoms with van der Waals surface area (Å²) in [6.07, 6.45) is 3.19. The van der Waals surface area contributed by atoms with Crippen molar-refractivity contribution in [3.63, 3.8) is 0 Å². The Kier molecular flexibility index (Phi) is 4.70. The average molecular weight is 324 g/mol. The summed E-state index contributed by atoms with van der Waals surface area (Å²) >= 11 is 2.37. The first-order valence-corrected chi connectivity index (χ1v) is 6.40. The minimum Gasteiger partial charge on any atom is -0.474 e. The first kappa shape index (κ1) is 13.1. The van der Waals surface area contributed by atoms with Gasteiger partial charge in [-0.2, -0.15) is 0 Å². The molecular weight excluding hydrogens is 303 g/mol. The monoisotopic (exact) mass is 324 g/mol. The van der Waals surface area contributed by atoms with Crippen LogP contribution < -0.4 is 5.32 Å². The Labute approximate surface area is 107 Å². The molecule has 88 valence electrons. The molecule has 1 heterocycles. The van der Waals surface area contributed by atoms with Crippen molar-refractivity contribution in [1.82, 2.24) is 8.43 Å². The Morgan fingerprint density at radius 3 is 2.60 bits per heavy atom. The molecule has 4 heteroatoms. The largest absolute Gasteiger partial charge is 0.474 e. The van der Waals surface area contributed by atoms with Crippen LogP contribution in [0.4, 0.5) is 0 Å². The van der Waals surface area contributed by atoms with Crippen molar-refractivity contribution >= 4 is 22.9 Å². The Morgan fingerprint density at radius 2 is 2.20 bits per heavy atom. The van der Waals surface area contributed by atoms with Crippen LogP contribution in [0, 0.1) is 0 Å². The second kappa shape index (κ2) is 5.39. The molecule has 15 heavy (non-hydrogen) atoms. The molecule has 1 unspecified atom stereocenters. The number of ether oxygens (including phenoxy) is 1. The van der Waals surface area contributed by atoms with Crippen LogP contribution in [-0.4, -0.2) is 27.8 Å². The van der Waals surface area contributed by atoms with E-state index < -0.39 is 0 Å². The summed E-state index contributed by atoms with van der Waals surface area (Å²) in [4.78, 5) is 0. The molecule has 3 nitrogen and oxygen atoms in total. The van der Waals surface area contributed by atoms with Crippen LogP contribution in [0.1, 0.15) is 34.1 Å². The number of allylic oxidation sites excluding steroid dienone is 1. The van der Waals surface area contributed by atoms with Crippen molar-refractivity contribution in [2.45, 2.75) is 45.8 Å². The molecule has 1 fully saturated rings. The van der Waals surface area contributed by atoms with Crippen molar-refractivity contribution in [3.8, 4) is 0 Å². The second-order valence-corrected chi connectivity index (χ2v) is 6.23. The lowest BCUT2D eigenvalue weighted by molar-refractivity contribution is 0.0375. The second-order valence-electron chi connectivity index (χ2n) is 4.87. The smallest absolute Gasteiger partial charge is 0.183 e. The summed E-state index contributed by atoms with van der Waals surface area (Å²) in [7, 11) is 0. The van der Waals surface area contributed by atoms with Gasteiger partial charge < -0.3 is 10.1 Å². The van der Waals surface area contributed by atoms with Gasteiger partial charge in [-0.1, -0.05) is 0 Å². The molecule has 1 atom stereocenters. The molecule has 1 saturated heterocycles. The van der Waals surface area contributed by atoms with E-state index in [2.05, 4.69) is 52.1 Å². The van der Waals surface area contributed by atoms with Gasteiger partial charge in [0.2, 0.25) is 0 Å². The van der Waals surface area contributed by atoms with Gasteiger partial charge in [0.15, 0.2) is 5.88 Å². The zero-order chi connectivity index (χ0) is 11.5. The summed E-state index contributed by atoms with van der Waals surface area (Å²) in [5.41, 5.74) is -0.128. The van der Waals surface area contributed by atoms with Crippen molar-refractivity contribution < 1.29 is 4.74 Å². The lowest BCUT2D eigenvalue weighted by atomic mass is 10.2. The standard InChI is InChI=1S/C11H21IN2O/c1-5-10(15-11(2,3)4)13-9-6-7-14(12)8-9/h5,9,13H,6-8H2,1-4H3. The lowest BCUT2D eigenvalue weighted by Crippen LogP contribution is -2.34. The van der Waals surface area contributed by atoms with Gasteiger partial charge in [0.05, 0.1) is 0 Å². The van der Waals surface area contributed by atoms with Gasteiger partial charge in [0.1, 0.15) is 5.60 Å². The van der Waals surface area contributed by atoms with Gasteiger partial charge in [0, 0.05) is 42.0 Å². The first-order valence-electron chi connectivity index (χ1n) is 5.43. The topological polar surface area (TPSA) is 24.5 Å². The summed E-state index contributed by atoms with van der Waals surface area (Å²) in [6, 6.07) is 0.524. The number of hydrogen-bond acceptors (Lipinski definition) is 3. The van der Waals surface area contributed by atoms with E-state index in [1.165, 1.54) is 6.42 Å². The molecule has 1 aliphatic rings. The molecule has 0 spiro atoms. The van der Waals surface area contributed by atoms with E-state index in [1.807, 2.05) is 13.0 Å². The van der Waals surface area contributed by atoms with Gasteiger partial charge >= 0.3 is 0 Å². The SMILES string of the molecule is CC=C(NC1CCN(I)C1)OC(C)(C)C. The predicted molar refractivity (Wildman–Crippen MR) is 71.7 cm³/mol. The van der Waals surface area contributed by atoms with Gasteiger partial charge in [-0.3, -0.25) is 0 Å². The lowest BCUT2D eigenvalue weighted by Gasteiger charge is -2.26. The van der Waals surface area contributed by atoms with E-state index in [9.17, 15) is 0 Å². The Balaban J connectivity index is 2.41. The molecule has 1 rings (SSSR count). The highest BCUT2D eigenvalue weighted by Crippen LogP contribution is 2.17. The molecular formula is C11H21IN2O. The Bertz CT molecular complexity index is 235. The third-order valence-electron chi connectivity index (χ3n) is 2.16. The zero-order valence-corrected chi connectivity index (χ0v) is 12.2. The summed E-state index contributed by atoms with van der Waals surface area (Å²) in [5, 5.41) is 3.44. The van der Waals surface area contributed by atoms with Gasteiger partial charge in [-0.25, -0.2) is 3.11 Å². The number of halogens is 1. The maximum absolute atomic E-state index is 5.81. The molecule has 0 bridgehead atoms. The van der Waals surface area contributed by atoms with Crippen LogP contribution in [0.2, 0.25) is 0 Å². The van der Waals surface area contributed by atoms with E-state index in [0.29, 0.717) is 6.04 Å². The molecule has 0 aromatic heterocycles. The van der Waals surface area contributed by atoms with Crippen molar-refractivity contribution in [1.29, 1.82) is 0 Å². The van der Waals surface area contributed by atoms with Crippen LogP contribution in [-0.2, 0) is 4.74 Å². The Hall–Kier alpha value is 0.0300. The van der Waals surface area contributed by atoms with Gasteiger partial charge in [-0.05, 0) is 40.2 Å². The molecule has 1 aliphatic heterocycles. The fourth-order valence-corrected chi connectivity index (χ4v) is 2.29. The number of hydrogen-bond donors (Lipinski definition) is 1. The molecule has 0 aromatic rings. The van der Waals surface area contributed by atoms with E-state index in [1.54, 1.807) is 0 Å². The highest BCUT2D eigenvalue weighted by molar-refractivity contribution is 14.1.